The molecule has 0 aliphatic carbocycles. The number of alkyl halides is 3. The number of hydrogen-bond donors (Lipinski definition) is 2. The molecule has 1 aromatic rings. The van der Waals surface area contributed by atoms with E-state index in [1.807, 2.05) is 0 Å². The van der Waals surface area contributed by atoms with Crippen LogP contribution >= 0.6 is 0 Å². The summed E-state index contributed by atoms with van der Waals surface area (Å²) >= 11 is 0. The molecule has 5 heteroatoms. The molecule has 0 amide bonds. The van der Waals surface area contributed by atoms with E-state index < -0.39 is 11.7 Å². The van der Waals surface area contributed by atoms with Gasteiger partial charge >= 0.3 is 6.18 Å². The van der Waals surface area contributed by atoms with Gasteiger partial charge in [-0.15, -0.1) is 0 Å². The summed E-state index contributed by atoms with van der Waals surface area (Å²) in [4.78, 5) is 0. The van der Waals surface area contributed by atoms with Crippen LogP contribution in [0.1, 0.15) is 17.2 Å². The van der Waals surface area contributed by atoms with Gasteiger partial charge in [-0.1, -0.05) is 18.2 Å². The second-order valence-electron chi connectivity index (χ2n) is 3.80. The number of rotatable bonds is 1. The highest BCUT2D eigenvalue weighted by atomic mass is 19.4. The molecule has 1 atom stereocenters. The number of nitrogens with one attached hydrogen (secondary N) is 2. The molecule has 0 saturated carbocycles. The molecule has 2 N–H and O–H groups in total. The standard InChI is InChI=1S/C11H13F3N2/c12-11(13,14)9-4-2-1-3-8(9)10-7-15-5-6-16-10/h1-4,10,15-16H,5-7H2/t10-/m1/s1. The van der Waals surface area contributed by atoms with Gasteiger partial charge in [-0.25, -0.2) is 0 Å². The van der Waals surface area contributed by atoms with Gasteiger partial charge in [0, 0.05) is 25.7 Å². The highest BCUT2D eigenvalue weighted by Crippen LogP contribution is 2.34. The normalized spacial score (nSPS) is 22.1. The van der Waals surface area contributed by atoms with Crippen LogP contribution in [0.2, 0.25) is 0 Å². The van der Waals surface area contributed by atoms with Gasteiger partial charge in [-0.3, -0.25) is 0 Å². The molecule has 2 nitrogen and oxygen atoms in total. The minimum Gasteiger partial charge on any atom is -0.314 e. The predicted molar refractivity (Wildman–Crippen MR) is 55.1 cm³/mol. The van der Waals surface area contributed by atoms with Crippen molar-refractivity contribution in [2.24, 2.45) is 0 Å². The summed E-state index contributed by atoms with van der Waals surface area (Å²) in [6, 6.07) is 5.47. The zero-order chi connectivity index (χ0) is 11.6. The van der Waals surface area contributed by atoms with Gasteiger partial charge in [0.05, 0.1) is 5.56 Å². The Morgan fingerprint density at radius 3 is 2.50 bits per heavy atom. The Hall–Kier alpha value is -1.07. The van der Waals surface area contributed by atoms with Gasteiger partial charge in [0.1, 0.15) is 0 Å². The smallest absolute Gasteiger partial charge is 0.314 e. The van der Waals surface area contributed by atoms with Crippen molar-refractivity contribution >= 4 is 0 Å². The molecule has 88 valence electrons. The van der Waals surface area contributed by atoms with Crippen LogP contribution in [0, 0.1) is 0 Å². The molecular weight excluding hydrogens is 217 g/mol. The molecule has 2 rings (SSSR count). The molecule has 0 unspecified atom stereocenters. The number of piperazine rings is 1. The van der Waals surface area contributed by atoms with E-state index in [0.29, 0.717) is 18.7 Å². The molecule has 0 aromatic heterocycles. The van der Waals surface area contributed by atoms with E-state index in [9.17, 15) is 13.2 Å². The molecule has 16 heavy (non-hydrogen) atoms. The summed E-state index contributed by atoms with van der Waals surface area (Å²) in [5, 5.41) is 6.17. The summed E-state index contributed by atoms with van der Waals surface area (Å²) in [5.74, 6) is 0. The first-order valence-electron chi connectivity index (χ1n) is 5.19. The Bertz CT molecular complexity index is 356. The van der Waals surface area contributed by atoms with E-state index >= 15 is 0 Å². The van der Waals surface area contributed by atoms with Gasteiger partial charge < -0.3 is 10.6 Å². The summed E-state index contributed by atoms with van der Waals surface area (Å²) < 4.78 is 38.3. The quantitative estimate of drug-likeness (QED) is 0.770. The zero-order valence-corrected chi connectivity index (χ0v) is 8.64. The Labute approximate surface area is 91.8 Å². The van der Waals surface area contributed by atoms with Crippen LogP contribution in [0.3, 0.4) is 0 Å². The Kier molecular flexibility index (Phi) is 3.16. The third-order valence-electron chi connectivity index (χ3n) is 2.68. The number of benzene rings is 1. The third-order valence-corrected chi connectivity index (χ3v) is 2.68. The maximum atomic E-state index is 12.8. The van der Waals surface area contributed by atoms with Crippen molar-refractivity contribution in [3.63, 3.8) is 0 Å². The van der Waals surface area contributed by atoms with Gasteiger partial charge in [-0.2, -0.15) is 13.2 Å². The van der Waals surface area contributed by atoms with E-state index in [2.05, 4.69) is 10.6 Å². The lowest BCUT2D eigenvalue weighted by Gasteiger charge is -2.27. The molecule has 1 aliphatic heterocycles. The van der Waals surface area contributed by atoms with E-state index in [4.69, 9.17) is 0 Å². The first-order valence-corrected chi connectivity index (χ1v) is 5.19. The fraction of sp³-hybridized carbons (Fsp3) is 0.455. The van der Waals surface area contributed by atoms with E-state index in [1.54, 1.807) is 6.07 Å². The van der Waals surface area contributed by atoms with Crippen LogP contribution in [-0.4, -0.2) is 19.6 Å². The summed E-state index contributed by atoms with van der Waals surface area (Å²) in [6.45, 7) is 2.02. The molecule has 1 heterocycles. The Balaban J connectivity index is 2.32. The fourth-order valence-electron chi connectivity index (χ4n) is 1.93. The molecular formula is C11H13F3N2. The lowest BCUT2D eigenvalue weighted by molar-refractivity contribution is -0.138. The topological polar surface area (TPSA) is 24.1 Å². The van der Waals surface area contributed by atoms with Crippen molar-refractivity contribution in [2.45, 2.75) is 12.2 Å². The average molecular weight is 230 g/mol. The maximum Gasteiger partial charge on any atom is 0.416 e. The zero-order valence-electron chi connectivity index (χ0n) is 8.64. The van der Waals surface area contributed by atoms with Gasteiger partial charge in [0.25, 0.3) is 0 Å². The highest BCUT2D eigenvalue weighted by Gasteiger charge is 2.35. The first-order chi connectivity index (χ1) is 7.59. The molecule has 0 spiro atoms. The fourth-order valence-corrected chi connectivity index (χ4v) is 1.93. The van der Waals surface area contributed by atoms with Crippen LogP contribution in [0.4, 0.5) is 13.2 Å². The summed E-state index contributed by atoms with van der Waals surface area (Å²) in [5.41, 5.74) is -0.224. The third kappa shape index (κ3) is 2.36. The number of hydrogen-bond acceptors (Lipinski definition) is 2. The minimum absolute atomic E-state index is 0.258. The van der Waals surface area contributed by atoms with Crippen molar-refractivity contribution in [1.82, 2.24) is 10.6 Å². The minimum atomic E-state index is -4.28. The van der Waals surface area contributed by atoms with Crippen molar-refractivity contribution in [3.05, 3.63) is 35.4 Å². The molecule has 1 aliphatic rings. The summed E-state index contributed by atoms with van der Waals surface area (Å²) in [7, 11) is 0. The van der Waals surface area contributed by atoms with Gasteiger partial charge in [0.2, 0.25) is 0 Å². The molecule has 1 saturated heterocycles. The summed E-state index contributed by atoms with van der Waals surface area (Å²) in [6.07, 6.45) is -4.28. The van der Waals surface area contributed by atoms with Gasteiger partial charge in [0.15, 0.2) is 0 Å². The van der Waals surface area contributed by atoms with Crippen molar-refractivity contribution in [2.75, 3.05) is 19.6 Å². The highest BCUT2D eigenvalue weighted by molar-refractivity contribution is 5.32. The predicted octanol–water partition coefficient (Wildman–Crippen LogP) is 1.94. The average Bonchev–Trinajstić information content (AvgIpc) is 2.29. The lowest BCUT2D eigenvalue weighted by Crippen LogP contribution is -2.43. The molecule has 0 radical (unpaired) electrons. The Morgan fingerprint density at radius 1 is 1.12 bits per heavy atom. The van der Waals surface area contributed by atoms with Crippen LogP contribution in [-0.2, 0) is 6.18 Å². The van der Waals surface area contributed by atoms with Crippen LogP contribution in [0.25, 0.3) is 0 Å². The first kappa shape index (κ1) is 11.4. The maximum absolute atomic E-state index is 12.8. The Morgan fingerprint density at radius 2 is 1.88 bits per heavy atom. The molecule has 0 bridgehead atoms. The van der Waals surface area contributed by atoms with Crippen molar-refractivity contribution < 1.29 is 13.2 Å². The second kappa shape index (κ2) is 4.43. The van der Waals surface area contributed by atoms with Crippen molar-refractivity contribution in [3.8, 4) is 0 Å². The van der Waals surface area contributed by atoms with Gasteiger partial charge in [-0.05, 0) is 11.6 Å². The van der Waals surface area contributed by atoms with E-state index in [1.165, 1.54) is 12.1 Å². The van der Waals surface area contributed by atoms with E-state index in [-0.39, 0.29) is 6.04 Å². The SMILES string of the molecule is FC(F)(F)c1ccccc1[C@H]1CNCCN1. The second-order valence-corrected chi connectivity index (χ2v) is 3.80. The van der Waals surface area contributed by atoms with Crippen molar-refractivity contribution in [1.29, 1.82) is 0 Å². The molecule has 1 aromatic carbocycles. The van der Waals surface area contributed by atoms with Crippen LogP contribution in [0.15, 0.2) is 24.3 Å². The van der Waals surface area contributed by atoms with Crippen LogP contribution < -0.4 is 10.6 Å². The van der Waals surface area contributed by atoms with Crippen LogP contribution in [0.5, 0.6) is 0 Å². The largest absolute Gasteiger partial charge is 0.416 e. The number of halogens is 3. The molecule has 1 fully saturated rings. The van der Waals surface area contributed by atoms with E-state index in [0.717, 1.165) is 12.6 Å². The lowest BCUT2D eigenvalue weighted by atomic mass is 9.99. The monoisotopic (exact) mass is 230 g/mol.